The number of carbonyl (C=O) groups excluding carboxylic acids is 2. The summed E-state index contributed by atoms with van der Waals surface area (Å²) in [5.74, 6) is -1.23. The van der Waals surface area contributed by atoms with Crippen molar-refractivity contribution in [3.8, 4) is 0 Å². The van der Waals surface area contributed by atoms with E-state index in [0.29, 0.717) is 29.3 Å². The van der Waals surface area contributed by atoms with Gasteiger partial charge >= 0.3 is 6.18 Å². The zero-order valence-corrected chi connectivity index (χ0v) is 22.3. The zero-order chi connectivity index (χ0) is 29.5. The number of primary amides is 1. The Bertz CT molecular complexity index is 1470. The number of carbonyl (C=O) groups is 2. The average Bonchev–Trinajstić information content (AvgIpc) is 2.86. The molecule has 0 bridgehead atoms. The van der Waals surface area contributed by atoms with Gasteiger partial charge in [0.15, 0.2) is 0 Å². The molecule has 0 fully saturated rings. The van der Waals surface area contributed by atoms with Gasteiger partial charge in [0.05, 0.1) is 19.3 Å². The van der Waals surface area contributed by atoms with E-state index >= 15 is 0 Å². The number of sulfonamides is 1. The fourth-order valence-electron chi connectivity index (χ4n) is 3.62. The number of aldehydes is 1. The van der Waals surface area contributed by atoms with Crippen LogP contribution in [0.3, 0.4) is 0 Å². The van der Waals surface area contributed by atoms with Crippen molar-refractivity contribution < 1.29 is 31.2 Å². The number of alkyl halides is 3. The third kappa shape index (κ3) is 8.34. The van der Waals surface area contributed by atoms with Gasteiger partial charge in [0.25, 0.3) is 0 Å². The van der Waals surface area contributed by atoms with Gasteiger partial charge in [0, 0.05) is 43.8 Å². The number of aromatic nitrogens is 3. The van der Waals surface area contributed by atoms with Crippen molar-refractivity contribution in [1.82, 2.24) is 19.9 Å². The molecule has 0 saturated heterocycles. The second-order valence-electron chi connectivity index (χ2n) is 8.65. The normalized spacial score (nSPS) is 11.8. The Labute approximate surface area is 228 Å². The van der Waals surface area contributed by atoms with Crippen LogP contribution in [-0.2, 0) is 38.9 Å². The van der Waals surface area contributed by atoms with E-state index in [1.54, 1.807) is 24.3 Å². The largest absolute Gasteiger partial charge is 0.421 e. The van der Waals surface area contributed by atoms with Crippen LogP contribution in [0.2, 0.25) is 0 Å². The molecule has 1 aromatic carbocycles. The third-order valence-electron chi connectivity index (χ3n) is 5.51. The molecule has 4 N–H and O–H groups in total. The van der Waals surface area contributed by atoms with E-state index in [0.717, 1.165) is 10.6 Å². The van der Waals surface area contributed by atoms with E-state index in [2.05, 4.69) is 25.6 Å². The van der Waals surface area contributed by atoms with Crippen molar-refractivity contribution in [2.75, 3.05) is 41.3 Å². The van der Waals surface area contributed by atoms with Gasteiger partial charge in [-0.05, 0) is 23.8 Å². The maximum atomic E-state index is 13.7. The number of anilines is 4. The lowest BCUT2D eigenvalue weighted by Gasteiger charge is -2.20. The van der Waals surface area contributed by atoms with Gasteiger partial charge in [0.2, 0.25) is 21.9 Å². The third-order valence-corrected chi connectivity index (χ3v) is 6.67. The molecule has 0 spiro atoms. The number of nitrogens with zero attached hydrogens (tertiary/aromatic N) is 5. The van der Waals surface area contributed by atoms with Gasteiger partial charge in [-0.25, -0.2) is 18.4 Å². The molecule has 40 heavy (non-hydrogen) atoms. The van der Waals surface area contributed by atoms with Crippen molar-refractivity contribution in [3.63, 3.8) is 0 Å². The van der Waals surface area contributed by atoms with Crippen molar-refractivity contribution in [1.29, 1.82) is 0 Å². The van der Waals surface area contributed by atoms with E-state index in [1.807, 2.05) is 0 Å². The molecule has 0 aliphatic heterocycles. The predicted octanol–water partition coefficient (Wildman–Crippen LogP) is 2.13. The molecule has 0 atom stereocenters. The maximum Gasteiger partial charge on any atom is 0.421 e. The van der Waals surface area contributed by atoms with Crippen LogP contribution >= 0.6 is 0 Å². The predicted molar refractivity (Wildman–Crippen MR) is 142 cm³/mol. The lowest BCUT2D eigenvalue weighted by molar-refractivity contribution is -0.137. The van der Waals surface area contributed by atoms with E-state index in [9.17, 15) is 31.2 Å². The fourth-order valence-corrected chi connectivity index (χ4v) is 4.10. The number of amides is 1. The van der Waals surface area contributed by atoms with Crippen LogP contribution in [0.5, 0.6) is 0 Å². The highest BCUT2D eigenvalue weighted by Gasteiger charge is 2.35. The number of benzene rings is 1. The number of rotatable bonds is 13. The quantitative estimate of drug-likeness (QED) is 0.255. The van der Waals surface area contributed by atoms with E-state index in [-0.39, 0.29) is 37.9 Å². The molecule has 2 aromatic heterocycles. The lowest BCUT2D eigenvalue weighted by atomic mass is 10.2. The molecule has 3 rings (SSSR count). The van der Waals surface area contributed by atoms with E-state index < -0.39 is 33.5 Å². The monoisotopic (exact) mass is 580 g/mol. The molecule has 2 heterocycles. The summed E-state index contributed by atoms with van der Waals surface area (Å²) in [7, 11) is -2.38. The minimum Gasteiger partial charge on any atom is -0.369 e. The molecule has 3 aromatic rings. The molecular weight excluding hydrogens is 553 g/mol. The minimum absolute atomic E-state index is 0.0176. The average molecular weight is 581 g/mol. The number of nitrogens with one attached hydrogen (secondary N) is 2. The number of hydrogen-bond acceptors (Lipinski definition) is 10. The maximum absolute atomic E-state index is 13.7. The van der Waals surface area contributed by atoms with Gasteiger partial charge in [-0.3, -0.25) is 14.0 Å². The second-order valence-corrected chi connectivity index (χ2v) is 10.7. The number of hydrogen-bond donors (Lipinski definition) is 3. The van der Waals surface area contributed by atoms with Crippen molar-refractivity contribution >= 4 is 45.5 Å². The van der Waals surface area contributed by atoms with Crippen LogP contribution in [0.1, 0.15) is 16.7 Å². The fraction of sp³-hybridized carbons (Fsp3) is 0.292. The molecule has 0 saturated carbocycles. The summed E-state index contributed by atoms with van der Waals surface area (Å²) in [6.45, 7) is -0.153. The first kappa shape index (κ1) is 30.2. The van der Waals surface area contributed by atoms with Gasteiger partial charge in [-0.15, -0.1) is 0 Å². The first-order valence-electron chi connectivity index (χ1n) is 11.6. The summed E-state index contributed by atoms with van der Waals surface area (Å²) >= 11 is 0. The van der Waals surface area contributed by atoms with Gasteiger partial charge in [-0.2, -0.15) is 18.2 Å². The van der Waals surface area contributed by atoms with E-state index in [4.69, 9.17) is 5.73 Å². The number of halogens is 3. The van der Waals surface area contributed by atoms with Crippen LogP contribution in [0, 0.1) is 0 Å². The Morgan fingerprint density at radius 2 is 1.93 bits per heavy atom. The smallest absolute Gasteiger partial charge is 0.369 e. The second kappa shape index (κ2) is 12.7. The molecule has 0 unspecified atom stereocenters. The topological polar surface area (TPSA) is 164 Å². The molecular formula is C24H27F3N8O4S. The van der Waals surface area contributed by atoms with Crippen molar-refractivity contribution in [2.45, 2.75) is 19.3 Å². The Morgan fingerprint density at radius 3 is 2.58 bits per heavy atom. The van der Waals surface area contributed by atoms with E-state index in [1.165, 1.54) is 30.3 Å². The lowest BCUT2D eigenvalue weighted by Crippen LogP contribution is -2.34. The highest BCUT2D eigenvalue weighted by atomic mass is 32.2. The first-order chi connectivity index (χ1) is 18.8. The highest BCUT2D eigenvalue weighted by Crippen LogP contribution is 2.34. The Hall–Kier alpha value is -4.31. The number of nitrogens with two attached hydrogens (primary N) is 1. The highest BCUT2D eigenvalue weighted by molar-refractivity contribution is 7.92. The summed E-state index contributed by atoms with van der Waals surface area (Å²) in [4.78, 5) is 35.6. The van der Waals surface area contributed by atoms with Crippen LogP contribution < -0.4 is 20.7 Å². The van der Waals surface area contributed by atoms with Gasteiger partial charge < -0.3 is 21.2 Å². The Balaban J connectivity index is 1.86. The standard InChI is InChI=1S/C24H27F3N8O4S/c1-34(40(2,38)39)22-17(6-4-8-29-22)12-30-21-19(24(25,26)27)13-31-23(33-21)32-18-7-3-5-16(11-18)14-35(9-10-36)15-20(28)37/h3-8,10-11,13H,9,12,14-15H2,1-2H3,(H2,28,37)(H2,30,31,32,33). The summed E-state index contributed by atoms with van der Waals surface area (Å²) in [6, 6.07) is 9.77. The Morgan fingerprint density at radius 1 is 1.18 bits per heavy atom. The molecule has 0 aliphatic carbocycles. The SMILES string of the molecule is CN(c1ncccc1CNc1nc(Nc2cccc(CN(CC=O)CC(N)=O)c2)ncc1C(F)(F)F)S(C)(=O)=O. The number of pyridine rings is 1. The summed E-state index contributed by atoms with van der Waals surface area (Å²) in [5.41, 5.74) is 5.56. The molecule has 1 amide bonds. The van der Waals surface area contributed by atoms with Crippen LogP contribution in [0.25, 0.3) is 0 Å². The molecule has 0 radical (unpaired) electrons. The summed E-state index contributed by atoms with van der Waals surface area (Å²) < 4.78 is 66.0. The Kier molecular flexibility index (Phi) is 9.60. The molecule has 214 valence electrons. The molecule has 0 aliphatic rings. The van der Waals surface area contributed by atoms with Crippen molar-refractivity contribution in [2.24, 2.45) is 5.73 Å². The molecule has 12 nitrogen and oxygen atoms in total. The van der Waals surface area contributed by atoms with Crippen molar-refractivity contribution in [3.05, 3.63) is 65.5 Å². The zero-order valence-electron chi connectivity index (χ0n) is 21.5. The summed E-state index contributed by atoms with van der Waals surface area (Å²) in [5, 5.41) is 5.47. The summed E-state index contributed by atoms with van der Waals surface area (Å²) in [6.07, 6.45) is -1.15. The van der Waals surface area contributed by atoms with Gasteiger partial charge in [0.1, 0.15) is 23.5 Å². The first-order valence-corrected chi connectivity index (χ1v) is 13.5. The van der Waals surface area contributed by atoms with Crippen LogP contribution in [0.4, 0.5) is 36.4 Å². The van der Waals surface area contributed by atoms with Gasteiger partial charge in [-0.1, -0.05) is 18.2 Å². The molecule has 16 heteroatoms. The van der Waals surface area contributed by atoms with Crippen LogP contribution in [0.15, 0.2) is 48.8 Å². The minimum atomic E-state index is -4.77. The van der Waals surface area contributed by atoms with Crippen LogP contribution in [-0.4, -0.2) is 66.9 Å².